The lowest BCUT2D eigenvalue weighted by atomic mass is 9.99. The van der Waals surface area contributed by atoms with Crippen LogP contribution in [-0.2, 0) is 11.3 Å². The molecule has 1 amide bonds. The SMILES string of the molecule is CC(C)CC1CC(C(=O)N(C)Cc2ccc(C#N)cc2)NN1. The zero-order chi connectivity index (χ0) is 16.1. The Labute approximate surface area is 132 Å². The molecule has 1 saturated heterocycles. The molecule has 1 heterocycles. The monoisotopic (exact) mass is 300 g/mol. The number of nitrogens with zero attached hydrogens (tertiary/aromatic N) is 2. The van der Waals surface area contributed by atoms with E-state index in [1.165, 1.54) is 0 Å². The quantitative estimate of drug-likeness (QED) is 0.870. The van der Waals surface area contributed by atoms with Crippen LogP contribution in [0.1, 0.15) is 37.8 Å². The van der Waals surface area contributed by atoms with Crippen molar-refractivity contribution in [2.45, 2.75) is 45.3 Å². The van der Waals surface area contributed by atoms with Gasteiger partial charge < -0.3 is 4.90 Å². The van der Waals surface area contributed by atoms with Crippen molar-refractivity contribution in [2.24, 2.45) is 5.92 Å². The van der Waals surface area contributed by atoms with Gasteiger partial charge >= 0.3 is 0 Å². The Balaban J connectivity index is 1.88. The van der Waals surface area contributed by atoms with Gasteiger partial charge in [-0.3, -0.25) is 10.2 Å². The van der Waals surface area contributed by atoms with Gasteiger partial charge in [0.05, 0.1) is 11.6 Å². The van der Waals surface area contributed by atoms with E-state index in [1.54, 1.807) is 17.0 Å². The van der Waals surface area contributed by atoms with Gasteiger partial charge in [0.2, 0.25) is 5.91 Å². The van der Waals surface area contributed by atoms with Gasteiger partial charge in [-0.15, -0.1) is 0 Å². The zero-order valence-electron chi connectivity index (χ0n) is 13.5. The van der Waals surface area contributed by atoms with Crippen LogP contribution in [0.2, 0.25) is 0 Å². The summed E-state index contributed by atoms with van der Waals surface area (Å²) in [5.41, 5.74) is 7.99. The van der Waals surface area contributed by atoms with Crippen molar-refractivity contribution in [1.82, 2.24) is 15.8 Å². The van der Waals surface area contributed by atoms with Gasteiger partial charge in [-0.05, 0) is 36.5 Å². The number of carbonyl (C=O) groups excluding carboxylic acids is 1. The molecule has 5 nitrogen and oxygen atoms in total. The molecule has 0 aliphatic carbocycles. The number of amides is 1. The lowest BCUT2D eigenvalue weighted by molar-refractivity contribution is -0.132. The van der Waals surface area contributed by atoms with Crippen LogP contribution >= 0.6 is 0 Å². The summed E-state index contributed by atoms with van der Waals surface area (Å²) >= 11 is 0. The van der Waals surface area contributed by atoms with Crippen LogP contribution in [-0.4, -0.2) is 29.9 Å². The average Bonchev–Trinajstić information content (AvgIpc) is 2.94. The molecule has 0 saturated carbocycles. The lowest BCUT2D eigenvalue weighted by Gasteiger charge is -2.21. The Morgan fingerprint density at radius 2 is 2.05 bits per heavy atom. The molecule has 5 heteroatoms. The lowest BCUT2D eigenvalue weighted by Crippen LogP contribution is -2.44. The van der Waals surface area contributed by atoms with Gasteiger partial charge in [-0.1, -0.05) is 26.0 Å². The van der Waals surface area contributed by atoms with Crippen molar-refractivity contribution >= 4 is 5.91 Å². The predicted octanol–water partition coefficient (Wildman–Crippen LogP) is 1.80. The molecule has 0 bridgehead atoms. The second-order valence-electron chi connectivity index (χ2n) is 6.41. The van der Waals surface area contributed by atoms with E-state index in [0.717, 1.165) is 18.4 Å². The van der Waals surface area contributed by atoms with E-state index in [0.29, 0.717) is 24.1 Å². The first kappa shape index (κ1) is 16.5. The smallest absolute Gasteiger partial charge is 0.241 e. The van der Waals surface area contributed by atoms with Gasteiger partial charge in [0.15, 0.2) is 0 Å². The molecule has 1 aliphatic heterocycles. The van der Waals surface area contributed by atoms with E-state index >= 15 is 0 Å². The molecule has 1 aromatic carbocycles. The Bertz CT molecular complexity index is 547. The molecule has 118 valence electrons. The average molecular weight is 300 g/mol. The molecule has 2 N–H and O–H groups in total. The van der Waals surface area contributed by atoms with E-state index in [2.05, 4.69) is 30.8 Å². The fraction of sp³-hybridized carbons (Fsp3) is 0.529. The number of nitrogens with one attached hydrogen (secondary N) is 2. The van der Waals surface area contributed by atoms with Crippen LogP contribution in [0.5, 0.6) is 0 Å². The van der Waals surface area contributed by atoms with E-state index < -0.39 is 0 Å². The fourth-order valence-electron chi connectivity index (χ4n) is 2.81. The van der Waals surface area contributed by atoms with E-state index in [9.17, 15) is 4.79 Å². The molecule has 1 aromatic rings. The Hall–Kier alpha value is -1.90. The summed E-state index contributed by atoms with van der Waals surface area (Å²) in [4.78, 5) is 14.2. The first-order chi connectivity index (χ1) is 10.5. The van der Waals surface area contributed by atoms with Crippen LogP contribution in [0, 0.1) is 17.2 Å². The number of hydrogen-bond acceptors (Lipinski definition) is 4. The second-order valence-corrected chi connectivity index (χ2v) is 6.41. The van der Waals surface area contributed by atoms with Gasteiger partial charge in [-0.2, -0.15) is 5.26 Å². The third kappa shape index (κ3) is 4.30. The Morgan fingerprint density at radius 1 is 1.36 bits per heavy atom. The van der Waals surface area contributed by atoms with E-state index in [4.69, 9.17) is 5.26 Å². The molecule has 1 fully saturated rings. The van der Waals surface area contributed by atoms with Crippen LogP contribution in [0.3, 0.4) is 0 Å². The summed E-state index contributed by atoms with van der Waals surface area (Å²) in [6.07, 6.45) is 1.89. The number of hydrogen-bond donors (Lipinski definition) is 2. The van der Waals surface area contributed by atoms with Crippen molar-refractivity contribution in [1.29, 1.82) is 5.26 Å². The Morgan fingerprint density at radius 3 is 2.64 bits per heavy atom. The van der Waals surface area contributed by atoms with Crippen molar-refractivity contribution in [3.05, 3.63) is 35.4 Å². The zero-order valence-corrected chi connectivity index (χ0v) is 13.5. The number of nitriles is 1. The van der Waals surface area contributed by atoms with E-state index in [-0.39, 0.29) is 11.9 Å². The first-order valence-electron chi connectivity index (χ1n) is 7.74. The largest absolute Gasteiger partial charge is 0.340 e. The number of rotatable bonds is 5. The minimum absolute atomic E-state index is 0.100. The highest BCUT2D eigenvalue weighted by Gasteiger charge is 2.31. The molecule has 2 rings (SSSR count). The van der Waals surface area contributed by atoms with E-state index in [1.807, 2.05) is 19.2 Å². The number of likely N-dealkylation sites (N-methyl/N-ethyl adjacent to an activating group) is 1. The maximum atomic E-state index is 12.5. The van der Waals surface area contributed by atoms with Crippen LogP contribution < -0.4 is 10.9 Å². The third-order valence-electron chi connectivity index (χ3n) is 3.91. The van der Waals surface area contributed by atoms with Gasteiger partial charge in [0, 0.05) is 19.6 Å². The Kier molecular flexibility index (Phi) is 5.53. The molecule has 0 aromatic heterocycles. The predicted molar refractivity (Wildman–Crippen MR) is 85.6 cm³/mol. The summed E-state index contributed by atoms with van der Waals surface area (Å²) in [6, 6.07) is 9.64. The van der Waals surface area contributed by atoms with Crippen LogP contribution in [0.4, 0.5) is 0 Å². The third-order valence-corrected chi connectivity index (χ3v) is 3.91. The number of hydrazine groups is 1. The maximum absolute atomic E-state index is 12.5. The van der Waals surface area contributed by atoms with Crippen LogP contribution in [0.25, 0.3) is 0 Å². The van der Waals surface area contributed by atoms with Gasteiger partial charge in [-0.25, -0.2) is 5.43 Å². The highest BCUT2D eigenvalue weighted by Crippen LogP contribution is 2.16. The number of benzene rings is 1. The first-order valence-corrected chi connectivity index (χ1v) is 7.74. The summed E-state index contributed by atoms with van der Waals surface area (Å²) < 4.78 is 0. The van der Waals surface area contributed by atoms with Crippen LogP contribution in [0.15, 0.2) is 24.3 Å². The highest BCUT2D eigenvalue weighted by molar-refractivity contribution is 5.82. The van der Waals surface area contributed by atoms with Crippen molar-refractivity contribution in [3.63, 3.8) is 0 Å². The summed E-state index contributed by atoms with van der Waals surface area (Å²) in [6.45, 7) is 4.93. The van der Waals surface area contributed by atoms with Crippen molar-refractivity contribution in [2.75, 3.05) is 7.05 Å². The van der Waals surface area contributed by atoms with Crippen molar-refractivity contribution in [3.8, 4) is 6.07 Å². The normalized spacial score (nSPS) is 20.9. The topological polar surface area (TPSA) is 68.2 Å². The van der Waals surface area contributed by atoms with Gasteiger partial charge in [0.25, 0.3) is 0 Å². The fourth-order valence-corrected chi connectivity index (χ4v) is 2.81. The molecular weight excluding hydrogens is 276 g/mol. The standard InChI is InChI=1S/C17H24N4O/c1-12(2)8-15-9-16(20-19-15)17(22)21(3)11-14-6-4-13(10-18)5-7-14/h4-7,12,15-16,19-20H,8-9,11H2,1-3H3. The highest BCUT2D eigenvalue weighted by atomic mass is 16.2. The molecule has 2 atom stereocenters. The molecule has 2 unspecified atom stereocenters. The molecule has 0 spiro atoms. The molecule has 0 radical (unpaired) electrons. The summed E-state index contributed by atoms with van der Waals surface area (Å²) in [7, 11) is 1.82. The minimum atomic E-state index is -0.160. The molecular formula is C17H24N4O. The molecule has 1 aliphatic rings. The summed E-state index contributed by atoms with van der Waals surface area (Å²) in [5.74, 6) is 0.715. The van der Waals surface area contributed by atoms with Gasteiger partial charge in [0.1, 0.15) is 6.04 Å². The number of carbonyl (C=O) groups is 1. The summed E-state index contributed by atoms with van der Waals surface area (Å²) in [5, 5.41) is 8.80. The maximum Gasteiger partial charge on any atom is 0.241 e. The van der Waals surface area contributed by atoms with Crippen molar-refractivity contribution < 1.29 is 4.79 Å². The minimum Gasteiger partial charge on any atom is -0.340 e. The second kappa shape index (κ2) is 7.39. The molecule has 22 heavy (non-hydrogen) atoms.